The molecule has 7 nitrogen and oxygen atoms in total. The van der Waals surface area contributed by atoms with E-state index in [2.05, 4.69) is 21.3 Å². The van der Waals surface area contributed by atoms with Crippen LogP contribution in [0.5, 0.6) is 0 Å². The summed E-state index contributed by atoms with van der Waals surface area (Å²) in [6, 6.07) is 11.1. The maximum absolute atomic E-state index is 12.1. The number of carbonyl (C=O) groups is 3. The van der Waals surface area contributed by atoms with Gasteiger partial charge in [0.15, 0.2) is 0 Å². The van der Waals surface area contributed by atoms with Crippen molar-refractivity contribution in [3.05, 3.63) is 63.6 Å². The van der Waals surface area contributed by atoms with Gasteiger partial charge in [-0.25, -0.2) is 4.79 Å². The minimum atomic E-state index is -0.437. The van der Waals surface area contributed by atoms with Gasteiger partial charge >= 0.3 is 6.03 Å². The summed E-state index contributed by atoms with van der Waals surface area (Å²) in [5, 5.41) is 11.5. The monoisotopic (exact) mass is 434 g/mol. The number of nitrogens with one attached hydrogen (secondary N) is 4. The van der Waals surface area contributed by atoms with E-state index in [-0.39, 0.29) is 30.9 Å². The minimum absolute atomic E-state index is 0.151. The summed E-state index contributed by atoms with van der Waals surface area (Å²) in [7, 11) is 0. The molecule has 2 aromatic rings. The van der Waals surface area contributed by atoms with E-state index in [9.17, 15) is 14.4 Å². The molecule has 4 amide bonds. The van der Waals surface area contributed by atoms with Gasteiger partial charge in [0, 0.05) is 35.9 Å². The van der Waals surface area contributed by atoms with Crippen LogP contribution in [0.15, 0.2) is 42.5 Å². The molecule has 2 aromatic carbocycles. The lowest BCUT2D eigenvalue weighted by molar-refractivity contribution is 0.0944. The zero-order chi connectivity index (χ0) is 20.8. The Balaban J connectivity index is 1.41. The summed E-state index contributed by atoms with van der Waals surface area (Å²) in [5.74, 6) is -0.471. The van der Waals surface area contributed by atoms with Crippen LogP contribution in [0.2, 0.25) is 10.0 Å². The second-order valence-corrected chi connectivity index (χ2v) is 7.41. The zero-order valence-electron chi connectivity index (χ0n) is 15.4. The fraction of sp³-hybridized carbons (Fsp3) is 0.250. The van der Waals surface area contributed by atoms with Crippen LogP contribution in [0.25, 0.3) is 0 Å². The second kappa shape index (κ2) is 9.62. The van der Waals surface area contributed by atoms with Crippen molar-refractivity contribution in [1.82, 2.24) is 16.0 Å². The number of anilines is 1. The first-order valence-electron chi connectivity index (χ1n) is 9.11. The molecular weight excluding hydrogens is 415 g/mol. The molecule has 152 valence electrons. The molecule has 0 unspecified atom stereocenters. The van der Waals surface area contributed by atoms with Crippen LogP contribution in [-0.4, -0.2) is 37.0 Å². The Labute approximate surface area is 178 Å². The molecule has 3 rings (SSSR count). The van der Waals surface area contributed by atoms with Gasteiger partial charge in [0.1, 0.15) is 0 Å². The molecule has 1 fully saturated rings. The summed E-state index contributed by atoms with van der Waals surface area (Å²) in [5.41, 5.74) is 1.37. The molecule has 0 radical (unpaired) electrons. The van der Waals surface area contributed by atoms with Crippen molar-refractivity contribution in [2.24, 2.45) is 0 Å². The standard InChI is InChI=1S/C20H20Cl2N4O3/c21-16-7-4-13(11-17(16)22)18(27)23-8-9-24-20(29)26-15-3-1-2-12(10-15)19(28)25-14-5-6-14/h1-4,7,10-11,14H,5-6,8-9H2,(H,23,27)(H,25,28)(H2,24,26,29). The zero-order valence-corrected chi connectivity index (χ0v) is 16.9. The van der Waals surface area contributed by atoms with E-state index >= 15 is 0 Å². The predicted molar refractivity (Wildman–Crippen MR) is 113 cm³/mol. The van der Waals surface area contributed by atoms with E-state index in [1.54, 1.807) is 36.4 Å². The SMILES string of the molecule is O=C(NCCNC(=O)c1ccc(Cl)c(Cl)c1)Nc1cccc(C(=O)NC2CC2)c1. The van der Waals surface area contributed by atoms with Gasteiger partial charge in [-0.3, -0.25) is 9.59 Å². The molecule has 0 spiro atoms. The number of rotatable bonds is 7. The quantitative estimate of drug-likeness (QED) is 0.502. The van der Waals surface area contributed by atoms with Crippen LogP contribution in [0.3, 0.4) is 0 Å². The Bertz CT molecular complexity index is 932. The highest BCUT2D eigenvalue weighted by atomic mass is 35.5. The molecule has 0 aliphatic heterocycles. The maximum atomic E-state index is 12.1. The van der Waals surface area contributed by atoms with Crippen molar-refractivity contribution in [2.45, 2.75) is 18.9 Å². The normalized spacial score (nSPS) is 12.8. The third-order valence-electron chi connectivity index (χ3n) is 4.17. The van der Waals surface area contributed by atoms with Crippen LogP contribution in [0.4, 0.5) is 10.5 Å². The molecular formula is C20H20Cl2N4O3. The molecule has 0 aromatic heterocycles. The maximum Gasteiger partial charge on any atom is 0.319 e. The lowest BCUT2D eigenvalue weighted by atomic mass is 10.2. The molecule has 9 heteroatoms. The number of hydrogen-bond acceptors (Lipinski definition) is 3. The molecule has 4 N–H and O–H groups in total. The van der Waals surface area contributed by atoms with Gasteiger partial charge in [0.2, 0.25) is 0 Å². The summed E-state index contributed by atoms with van der Waals surface area (Å²) >= 11 is 11.7. The molecule has 29 heavy (non-hydrogen) atoms. The Morgan fingerprint density at radius 1 is 0.862 bits per heavy atom. The van der Waals surface area contributed by atoms with Crippen molar-refractivity contribution >= 4 is 46.7 Å². The largest absolute Gasteiger partial charge is 0.350 e. The van der Waals surface area contributed by atoms with Crippen molar-refractivity contribution in [2.75, 3.05) is 18.4 Å². The van der Waals surface area contributed by atoms with Crippen LogP contribution < -0.4 is 21.3 Å². The molecule has 0 saturated heterocycles. The lowest BCUT2D eigenvalue weighted by Gasteiger charge is -2.10. The second-order valence-electron chi connectivity index (χ2n) is 6.59. The molecule has 1 aliphatic rings. The minimum Gasteiger partial charge on any atom is -0.350 e. The van der Waals surface area contributed by atoms with Crippen LogP contribution in [0, 0.1) is 0 Å². The third-order valence-corrected chi connectivity index (χ3v) is 4.91. The van der Waals surface area contributed by atoms with E-state index in [0.717, 1.165) is 12.8 Å². The topological polar surface area (TPSA) is 99.3 Å². The fourth-order valence-corrected chi connectivity index (χ4v) is 2.80. The Morgan fingerprint density at radius 3 is 2.31 bits per heavy atom. The summed E-state index contributed by atoms with van der Waals surface area (Å²) in [6.07, 6.45) is 2.02. The van der Waals surface area contributed by atoms with E-state index in [1.807, 2.05) is 0 Å². The average Bonchev–Trinajstić information content (AvgIpc) is 3.51. The van der Waals surface area contributed by atoms with E-state index in [4.69, 9.17) is 23.2 Å². The van der Waals surface area contributed by atoms with Gasteiger partial charge in [-0.05, 0) is 49.2 Å². The Hall–Kier alpha value is -2.77. The molecule has 1 aliphatic carbocycles. The van der Waals surface area contributed by atoms with Gasteiger partial charge in [0.05, 0.1) is 10.0 Å². The third kappa shape index (κ3) is 6.37. The first-order valence-corrected chi connectivity index (χ1v) is 9.87. The first-order chi connectivity index (χ1) is 13.9. The fourth-order valence-electron chi connectivity index (χ4n) is 2.50. The van der Waals surface area contributed by atoms with Crippen LogP contribution in [0.1, 0.15) is 33.6 Å². The van der Waals surface area contributed by atoms with E-state index < -0.39 is 6.03 Å². The molecule has 0 atom stereocenters. The van der Waals surface area contributed by atoms with Gasteiger partial charge in [-0.1, -0.05) is 29.3 Å². The number of benzene rings is 2. The van der Waals surface area contributed by atoms with Crippen LogP contribution in [-0.2, 0) is 0 Å². The number of carbonyl (C=O) groups excluding carboxylic acids is 3. The number of amides is 4. The molecule has 1 saturated carbocycles. The highest BCUT2D eigenvalue weighted by Crippen LogP contribution is 2.22. The van der Waals surface area contributed by atoms with Crippen molar-refractivity contribution in [3.63, 3.8) is 0 Å². The Kier molecular flexibility index (Phi) is 6.95. The summed E-state index contributed by atoms with van der Waals surface area (Å²) in [4.78, 5) is 36.1. The highest BCUT2D eigenvalue weighted by Gasteiger charge is 2.23. The van der Waals surface area contributed by atoms with Gasteiger partial charge in [0.25, 0.3) is 11.8 Å². The number of halogens is 2. The van der Waals surface area contributed by atoms with Gasteiger partial charge in [-0.2, -0.15) is 0 Å². The van der Waals surface area contributed by atoms with Crippen molar-refractivity contribution in [1.29, 1.82) is 0 Å². The Morgan fingerprint density at radius 2 is 1.59 bits per heavy atom. The number of hydrogen-bond donors (Lipinski definition) is 4. The van der Waals surface area contributed by atoms with Crippen LogP contribution >= 0.6 is 23.2 Å². The van der Waals surface area contributed by atoms with E-state index in [0.29, 0.717) is 26.9 Å². The molecule has 0 heterocycles. The number of urea groups is 1. The highest BCUT2D eigenvalue weighted by molar-refractivity contribution is 6.42. The lowest BCUT2D eigenvalue weighted by Crippen LogP contribution is -2.36. The smallest absolute Gasteiger partial charge is 0.319 e. The van der Waals surface area contributed by atoms with Crippen molar-refractivity contribution in [3.8, 4) is 0 Å². The first kappa shape index (κ1) is 21.0. The van der Waals surface area contributed by atoms with E-state index in [1.165, 1.54) is 6.07 Å². The summed E-state index contributed by atoms with van der Waals surface area (Å²) in [6.45, 7) is 0.455. The summed E-state index contributed by atoms with van der Waals surface area (Å²) < 4.78 is 0. The predicted octanol–water partition coefficient (Wildman–Crippen LogP) is 3.44. The van der Waals surface area contributed by atoms with Crippen molar-refractivity contribution < 1.29 is 14.4 Å². The van der Waals surface area contributed by atoms with Gasteiger partial charge < -0.3 is 21.3 Å². The molecule has 0 bridgehead atoms. The average molecular weight is 435 g/mol. The van der Waals surface area contributed by atoms with Gasteiger partial charge in [-0.15, -0.1) is 0 Å².